The van der Waals surface area contributed by atoms with E-state index in [0.29, 0.717) is 12.0 Å². The summed E-state index contributed by atoms with van der Waals surface area (Å²) in [5.41, 5.74) is 0. The minimum atomic E-state index is 0.312. The molecular weight excluding hydrogens is 278 g/mol. The topological polar surface area (TPSA) is 54.9 Å². The van der Waals surface area contributed by atoms with Crippen LogP contribution in [0.25, 0.3) is 0 Å². The molecule has 0 aliphatic heterocycles. The lowest BCUT2D eigenvalue weighted by molar-refractivity contribution is 0.0258. The number of nitrogens with zero attached hydrogens (tertiary/aromatic N) is 1. The van der Waals surface area contributed by atoms with Crippen LogP contribution in [0.5, 0.6) is 0 Å². The van der Waals surface area contributed by atoms with Crippen LogP contribution in [0.3, 0.4) is 0 Å². The molecular formula is C17H37N3O2. The highest BCUT2D eigenvalue weighted by Gasteiger charge is 2.12. The van der Waals surface area contributed by atoms with Crippen molar-refractivity contribution in [1.29, 1.82) is 0 Å². The van der Waals surface area contributed by atoms with Gasteiger partial charge in [0.05, 0.1) is 6.10 Å². The van der Waals surface area contributed by atoms with Gasteiger partial charge in [-0.05, 0) is 46.0 Å². The number of hydrogen-bond donors (Lipinski definition) is 2. The van der Waals surface area contributed by atoms with Gasteiger partial charge in [0.1, 0.15) is 0 Å². The van der Waals surface area contributed by atoms with Gasteiger partial charge in [-0.2, -0.15) is 0 Å². The summed E-state index contributed by atoms with van der Waals surface area (Å²) in [5.74, 6) is 1.44. The Morgan fingerprint density at radius 2 is 1.82 bits per heavy atom. The molecule has 1 unspecified atom stereocenters. The molecule has 0 rings (SSSR count). The number of aliphatic imine (C=N–C) groups is 1. The third-order valence-electron chi connectivity index (χ3n) is 3.36. The molecule has 0 saturated carbocycles. The number of guanidine groups is 1. The highest BCUT2D eigenvalue weighted by molar-refractivity contribution is 5.79. The van der Waals surface area contributed by atoms with E-state index < -0.39 is 0 Å². The first kappa shape index (κ1) is 21.2. The van der Waals surface area contributed by atoms with Crippen molar-refractivity contribution in [1.82, 2.24) is 10.6 Å². The molecule has 0 heterocycles. The van der Waals surface area contributed by atoms with Crippen molar-refractivity contribution < 1.29 is 9.47 Å². The Morgan fingerprint density at radius 3 is 2.41 bits per heavy atom. The third kappa shape index (κ3) is 11.8. The zero-order valence-electron chi connectivity index (χ0n) is 15.3. The van der Waals surface area contributed by atoms with Crippen LogP contribution < -0.4 is 10.6 Å². The molecule has 22 heavy (non-hydrogen) atoms. The first-order chi connectivity index (χ1) is 10.7. The SMILES string of the molecule is CCNC(=NCCCCOCC)NCCC(OCC)C(C)C. The van der Waals surface area contributed by atoms with E-state index in [-0.39, 0.29) is 0 Å². The van der Waals surface area contributed by atoms with Crippen LogP contribution in [-0.4, -0.2) is 51.5 Å². The predicted octanol–water partition coefficient (Wildman–Crippen LogP) is 2.81. The highest BCUT2D eigenvalue weighted by atomic mass is 16.5. The molecule has 0 radical (unpaired) electrons. The maximum absolute atomic E-state index is 5.77. The van der Waals surface area contributed by atoms with Gasteiger partial charge in [0, 0.05) is 39.5 Å². The van der Waals surface area contributed by atoms with Crippen molar-refractivity contribution >= 4 is 5.96 Å². The lowest BCUT2D eigenvalue weighted by atomic mass is 10.0. The second-order valence-corrected chi connectivity index (χ2v) is 5.62. The van der Waals surface area contributed by atoms with E-state index >= 15 is 0 Å². The van der Waals surface area contributed by atoms with E-state index in [1.165, 1.54) is 0 Å². The second-order valence-electron chi connectivity index (χ2n) is 5.62. The Kier molecular flexibility index (Phi) is 14.5. The molecule has 0 spiro atoms. The fraction of sp³-hybridized carbons (Fsp3) is 0.941. The van der Waals surface area contributed by atoms with E-state index in [1.807, 2.05) is 6.92 Å². The quantitative estimate of drug-likeness (QED) is 0.312. The third-order valence-corrected chi connectivity index (χ3v) is 3.36. The molecule has 0 saturated heterocycles. The van der Waals surface area contributed by atoms with Gasteiger partial charge in [-0.25, -0.2) is 0 Å². The first-order valence-electron chi connectivity index (χ1n) is 8.87. The first-order valence-corrected chi connectivity index (χ1v) is 8.87. The number of rotatable bonds is 13. The van der Waals surface area contributed by atoms with Crippen molar-refractivity contribution in [3.05, 3.63) is 0 Å². The summed E-state index contributed by atoms with van der Waals surface area (Å²) in [6.45, 7) is 15.6. The molecule has 0 aromatic rings. The molecule has 132 valence electrons. The van der Waals surface area contributed by atoms with Crippen molar-refractivity contribution in [3.8, 4) is 0 Å². The normalized spacial score (nSPS) is 13.5. The minimum Gasteiger partial charge on any atom is -0.382 e. The van der Waals surface area contributed by atoms with Gasteiger partial charge in [0.2, 0.25) is 0 Å². The molecule has 0 aromatic carbocycles. The minimum absolute atomic E-state index is 0.312. The van der Waals surface area contributed by atoms with Crippen LogP contribution in [-0.2, 0) is 9.47 Å². The molecule has 0 aliphatic rings. The van der Waals surface area contributed by atoms with E-state index in [1.54, 1.807) is 0 Å². The van der Waals surface area contributed by atoms with Crippen molar-refractivity contribution in [2.45, 2.75) is 60.0 Å². The lowest BCUT2D eigenvalue weighted by Crippen LogP contribution is -2.39. The van der Waals surface area contributed by atoms with E-state index in [9.17, 15) is 0 Å². The fourth-order valence-corrected chi connectivity index (χ4v) is 2.15. The van der Waals surface area contributed by atoms with E-state index in [2.05, 4.69) is 43.3 Å². The molecule has 5 nitrogen and oxygen atoms in total. The van der Waals surface area contributed by atoms with E-state index in [4.69, 9.17) is 9.47 Å². The molecule has 0 bridgehead atoms. The van der Waals surface area contributed by atoms with Gasteiger partial charge in [0.25, 0.3) is 0 Å². The summed E-state index contributed by atoms with van der Waals surface area (Å²) < 4.78 is 11.1. The lowest BCUT2D eigenvalue weighted by Gasteiger charge is -2.21. The molecule has 2 N–H and O–H groups in total. The number of hydrogen-bond acceptors (Lipinski definition) is 3. The van der Waals surface area contributed by atoms with Gasteiger partial charge < -0.3 is 20.1 Å². The number of unbranched alkanes of at least 4 members (excludes halogenated alkanes) is 1. The summed E-state index contributed by atoms with van der Waals surface area (Å²) >= 11 is 0. The van der Waals surface area contributed by atoms with Crippen LogP contribution in [0.2, 0.25) is 0 Å². The molecule has 0 aromatic heterocycles. The standard InChI is InChI=1S/C17H37N3O2/c1-6-18-17(19-12-9-10-14-21-7-2)20-13-11-16(15(4)5)22-8-3/h15-16H,6-14H2,1-5H3,(H2,18,19,20). The van der Waals surface area contributed by atoms with Gasteiger partial charge in [-0.15, -0.1) is 0 Å². The number of nitrogens with one attached hydrogen (secondary N) is 2. The predicted molar refractivity (Wildman–Crippen MR) is 94.6 cm³/mol. The average molecular weight is 316 g/mol. The summed E-state index contributed by atoms with van der Waals surface area (Å²) in [6.07, 6.45) is 3.44. The van der Waals surface area contributed by atoms with E-state index in [0.717, 1.165) is 64.7 Å². The van der Waals surface area contributed by atoms with Crippen molar-refractivity contribution in [2.24, 2.45) is 10.9 Å². The summed E-state index contributed by atoms with van der Waals surface area (Å²) in [6, 6.07) is 0. The van der Waals surface area contributed by atoms with Gasteiger partial charge in [0.15, 0.2) is 5.96 Å². The monoisotopic (exact) mass is 315 g/mol. The summed E-state index contributed by atoms with van der Waals surface area (Å²) in [7, 11) is 0. The summed E-state index contributed by atoms with van der Waals surface area (Å²) in [4.78, 5) is 4.60. The van der Waals surface area contributed by atoms with Crippen molar-refractivity contribution in [3.63, 3.8) is 0 Å². The smallest absolute Gasteiger partial charge is 0.191 e. The average Bonchev–Trinajstić information content (AvgIpc) is 2.49. The Hall–Kier alpha value is -0.810. The largest absolute Gasteiger partial charge is 0.382 e. The Bertz CT molecular complexity index is 271. The Balaban J connectivity index is 4.00. The maximum atomic E-state index is 5.77. The van der Waals surface area contributed by atoms with Gasteiger partial charge >= 0.3 is 0 Å². The van der Waals surface area contributed by atoms with Crippen LogP contribution in [0.1, 0.15) is 53.9 Å². The Labute approximate surface area is 137 Å². The van der Waals surface area contributed by atoms with Crippen LogP contribution in [0.4, 0.5) is 0 Å². The highest BCUT2D eigenvalue weighted by Crippen LogP contribution is 2.09. The number of ether oxygens (including phenoxy) is 2. The molecule has 0 fully saturated rings. The van der Waals surface area contributed by atoms with Gasteiger partial charge in [-0.3, -0.25) is 4.99 Å². The fourth-order valence-electron chi connectivity index (χ4n) is 2.15. The van der Waals surface area contributed by atoms with Crippen LogP contribution >= 0.6 is 0 Å². The zero-order chi connectivity index (χ0) is 16.6. The van der Waals surface area contributed by atoms with Gasteiger partial charge in [-0.1, -0.05) is 13.8 Å². The molecule has 0 amide bonds. The zero-order valence-corrected chi connectivity index (χ0v) is 15.3. The van der Waals surface area contributed by atoms with Crippen LogP contribution in [0, 0.1) is 5.92 Å². The van der Waals surface area contributed by atoms with Crippen molar-refractivity contribution in [2.75, 3.05) is 39.5 Å². The molecule has 5 heteroatoms. The summed E-state index contributed by atoms with van der Waals surface area (Å²) in [5, 5.41) is 6.68. The molecule has 0 aliphatic carbocycles. The maximum Gasteiger partial charge on any atom is 0.191 e. The Morgan fingerprint density at radius 1 is 1.05 bits per heavy atom. The second kappa shape index (κ2) is 15.1. The molecule has 1 atom stereocenters. The van der Waals surface area contributed by atoms with Crippen LogP contribution in [0.15, 0.2) is 4.99 Å².